The van der Waals surface area contributed by atoms with E-state index >= 15 is 0 Å². The van der Waals surface area contributed by atoms with Gasteiger partial charge in [-0.25, -0.2) is 0 Å². The molecule has 0 saturated carbocycles. The van der Waals surface area contributed by atoms with Crippen LogP contribution < -0.4 is 9.47 Å². The van der Waals surface area contributed by atoms with Crippen molar-refractivity contribution >= 4 is 11.9 Å². The molecule has 6 nitrogen and oxygen atoms in total. The molecule has 0 saturated heterocycles. The Hall–Kier alpha value is -3.02. The van der Waals surface area contributed by atoms with Crippen LogP contribution in [0.25, 0.3) is 0 Å². The first kappa shape index (κ1) is 20.3. The topological polar surface area (TPSA) is 65.1 Å². The van der Waals surface area contributed by atoms with Gasteiger partial charge in [-0.1, -0.05) is 30.3 Å². The summed E-state index contributed by atoms with van der Waals surface area (Å²) in [5, 5.41) is 0. The van der Waals surface area contributed by atoms with E-state index in [1.54, 1.807) is 30.2 Å². The number of carbonyl (C=O) groups excluding carboxylic acids is 2. The highest BCUT2D eigenvalue weighted by Crippen LogP contribution is 2.29. The number of hydrogen-bond acceptors (Lipinski definition) is 5. The van der Waals surface area contributed by atoms with Crippen molar-refractivity contribution in [3.05, 3.63) is 59.7 Å². The average molecular weight is 371 g/mol. The number of esters is 1. The Balaban J connectivity index is 2.34. The minimum Gasteiger partial charge on any atom is -0.493 e. The number of nitrogens with zero attached hydrogens (tertiary/aromatic N) is 1. The summed E-state index contributed by atoms with van der Waals surface area (Å²) < 4.78 is 15.3. The molecular weight excluding hydrogens is 346 g/mol. The second kappa shape index (κ2) is 9.62. The molecule has 144 valence electrons. The third kappa shape index (κ3) is 5.00. The Morgan fingerprint density at radius 2 is 1.63 bits per heavy atom. The number of rotatable bonds is 8. The highest BCUT2D eigenvalue weighted by molar-refractivity contribution is 5.95. The molecule has 0 aromatic heterocycles. The van der Waals surface area contributed by atoms with E-state index in [1.807, 2.05) is 37.3 Å². The van der Waals surface area contributed by atoms with Gasteiger partial charge in [0.2, 0.25) is 0 Å². The maximum absolute atomic E-state index is 13.2. The van der Waals surface area contributed by atoms with E-state index in [2.05, 4.69) is 0 Å². The second-order valence-electron chi connectivity index (χ2n) is 5.98. The monoisotopic (exact) mass is 371 g/mol. The van der Waals surface area contributed by atoms with Crippen LogP contribution in [0.3, 0.4) is 0 Å². The number of methoxy groups -OCH3 is 3. The minimum atomic E-state index is -0.361. The highest BCUT2D eigenvalue weighted by atomic mass is 16.5. The van der Waals surface area contributed by atoms with Gasteiger partial charge >= 0.3 is 5.97 Å². The fourth-order valence-electron chi connectivity index (χ4n) is 2.83. The number of benzene rings is 2. The van der Waals surface area contributed by atoms with Gasteiger partial charge in [0.25, 0.3) is 5.91 Å². The van der Waals surface area contributed by atoms with E-state index in [4.69, 9.17) is 14.2 Å². The molecule has 0 aliphatic heterocycles. The van der Waals surface area contributed by atoms with Crippen molar-refractivity contribution in [1.82, 2.24) is 4.90 Å². The SMILES string of the molecule is COC(=O)CCN(C(=O)c1ccc(OC)c(OC)c1)C(C)c1ccccc1. The van der Waals surface area contributed by atoms with Gasteiger partial charge in [0.1, 0.15) is 0 Å². The Kier molecular flexibility index (Phi) is 7.23. The third-order valence-electron chi connectivity index (χ3n) is 4.43. The van der Waals surface area contributed by atoms with Gasteiger partial charge < -0.3 is 19.1 Å². The second-order valence-corrected chi connectivity index (χ2v) is 5.98. The molecule has 0 fully saturated rings. The molecule has 0 aliphatic carbocycles. The summed E-state index contributed by atoms with van der Waals surface area (Å²) in [6.07, 6.45) is 0.118. The quantitative estimate of drug-likeness (QED) is 0.665. The largest absolute Gasteiger partial charge is 0.493 e. The van der Waals surface area contributed by atoms with Crippen LogP contribution in [0.2, 0.25) is 0 Å². The zero-order chi connectivity index (χ0) is 19.8. The molecular formula is C21H25NO5. The van der Waals surface area contributed by atoms with Gasteiger partial charge in [0.05, 0.1) is 33.8 Å². The Morgan fingerprint density at radius 3 is 2.22 bits per heavy atom. The number of amides is 1. The van der Waals surface area contributed by atoms with Crippen LogP contribution >= 0.6 is 0 Å². The maximum Gasteiger partial charge on any atom is 0.307 e. The van der Waals surface area contributed by atoms with Gasteiger partial charge in [-0.2, -0.15) is 0 Å². The summed E-state index contributed by atoms with van der Waals surface area (Å²) in [6, 6.07) is 14.5. The normalized spacial score (nSPS) is 11.4. The first-order valence-electron chi connectivity index (χ1n) is 8.66. The zero-order valence-electron chi connectivity index (χ0n) is 16.1. The predicted octanol–water partition coefficient (Wildman–Crippen LogP) is 3.47. The van der Waals surface area contributed by atoms with Gasteiger partial charge in [0.15, 0.2) is 11.5 Å². The molecule has 0 bridgehead atoms. The van der Waals surface area contributed by atoms with Crippen LogP contribution in [-0.2, 0) is 9.53 Å². The number of hydrogen-bond donors (Lipinski definition) is 0. The summed E-state index contributed by atoms with van der Waals surface area (Å²) in [5.41, 5.74) is 1.44. The number of carbonyl (C=O) groups is 2. The van der Waals surface area contributed by atoms with Gasteiger partial charge in [-0.3, -0.25) is 9.59 Å². The average Bonchev–Trinajstić information content (AvgIpc) is 2.73. The van der Waals surface area contributed by atoms with Crippen molar-refractivity contribution in [2.75, 3.05) is 27.9 Å². The molecule has 0 radical (unpaired) electrons. The minimum absolute atomic E-state index is 0.118. The maximum atomic E-state index is 13.2. The molecule has 2 rings (SSSR count). The predicted molar refractivity (Wildman–Crippen MR) is 102 cm³/mol. The van der Waals surface area contributed by atoms with Crippen LogP contribution in [0, 0.1) is 0 Å². The van der Waals surface area contributed by atoms with Gasteiger partial charge in [0, 0.05) is 12.1 Å². The van der Waals surface area contributed by atoms with Crippen molar-refractivity contribution in [3.8, 4) is 11.5 Å². The Bertz CT molecular complexity index is 775. The molecule has 1 unspecified atom stereocenters. The molecule has 2 aromatic carbocycles. The third-order valence-corrected chi connectivity index (χ3v) is 4.43. The van der Waals surface area contributed by atoms with Crippen LogP contribution in [0.4, 0.5) is 0 Å². The fourth-order valence-corrected chi connectivity index (χ4v) is 2.83. The van der Waals surface area contributed by atoms with Crippen molar-refractivity contribution in [2.24, 2.45) is 0 Å². The summed E-state index contributed by atoms with van der Waals surface area (Å²) in [6.45, 7) is 2.18. The molecule has 2 aromatic rings. The lowest BCUT2D eigenvalue weighted by Crippen LogP contribution is -2.35. The molecule has 1 amide bonds. The molecule has 27 heavy (non-hydrogen) atoms. The van der Waals surface area contributed by atoms with Crippen molar-refractivity contribution in [2.45, 2.75) is 19.4 Å². The van der Waals surface area contributed by atoms with Gasteiger partial charge in [-0.05, 0) is 30.7 Å². The molecule has 0 heterocycles. The lowest BCUT2D eigenvalue weighted by atomic mass is 10.0. The summed E-state index contributed by atoms with van der Waals surface area (Å²) in [5.74, 6) is 0.464. The first-order chi connectivity index (χ1) is 13.0. The highest BCUT2D eigenvalue weighted by Gasteiger charge is 2.24. The van der Waals surface area contributed by atoms with Crippen LogP contribution in [0.1, 0.15) is 35.3 Å². The van der Waals surface area contributed by atoms with Crippen molar-refractivity contribution in [3.63, 3.8) is 0 Å². The van der Waals surface area contributed by atoms with E-state index in [9.17, 15) is 9.59 Å². The molecule has 6 heteroatoms. The van der Waals surface area contributed by atoms with E-state index in [0.29, 0.717) is 17.1 Å². The fraction of sp³-hybridized carbons (Fsp3) is 0.333. The Labute approximate surface area is 159 Å². The van der Waals surface area contributed by atoms with E-state index in [0.717, 1.165) is 5.56 Å². The standard InChI is InChI=1S/C21H25NO5/c1-15(16-8-6-5-7-9-16)22(13-12-20(23)27-4)21(24)17-10-11-18(25-2)19(14-17)26-3/h5-11,14-15H,12-13H2,1-4H3. The van der Waals surface area contributed by atoms with E-state index in [1.165, 1.54) is 14.2 Å². The van der Waals surface area contributed by atoms with Crippen LogP contribution in [0.15, 0.2) is 48.5 Å². The Morgan fingerprint density at radius 1 is 0.963 bits per heavy atom. The summed E-state index contributed by atoms with van der Waals surface area (Å²) >= 11 is 0. The van der Waals surface area contributed by atoms with Gasteiger partial charge in [-0.15, -0.1) is 0 Å². The van der Waals surface area contributed by atoms with Crippen molar-refractivity contribution < 1.29 is 23.8 Å². The van der Waals surface area contributed by atoms with E-state index < -0.39 is 0 Å². The van der Waals surface area contributed by atoms with Crippen LogP contribution in [-0.4, -0.2) is 44.7 Å². The molecule has 0 N–H and O–H groups in total. The summed E-state index contributed by atoms with van der Waals surface area (Å²) in [4.78, 5) is 26.5. The molecule has 1 atom stereocenters. The summed E-state index contributed by atoms with van der Waals surface area (Å²) in [7, 11) is 4.40. The molecule has 0 spiro atoms. The lowest BCUT2D eigenvalue weighted by Gasteiger charge is -2.29. The zero-order valence-corrected chi connectivity index (χ0v) is 16.1. The lowest BCUT2D eigenvalue weighted by molar-refractivity contribution is -0.140. The number of ether oxygens (including phenoxy) is 3. The van der Waals surface area contributed by atoms with E-state index in [-0.39, 0.29) is 30.9 Å². The molecule has 0 aliphatic rings. The van der Waals surface area contributed by atoms with Crippen molar-refractivity contribution in [1.29, 1.82) is 0 Å². The first-order valence-corrected chi connectivity index (χ1v) is 8.66. The van der Waals surface area contributed by atoms with Crippen LogP contribution in [0.5, 0.6) is 11.5 Å². The smallest absolute Gasteiger partial charge is 0.307 e.